The van der Waals surface area contributed by atoms with Gasteiger partial charge in [-0.2, -0.15) is 0 Å². The molecule has 0 aliphatic heterocycles. The van der Waals surface area contributed by atoms with E-state index in [9.17, 15) is 4.79 Å². The lowest BCUT2D eigenvalue weighted by molar-refractivity contribution is 0.349. The molecule has 1 rings (SSSR count). The minimum absolute atomic E-state index is 0.104. The summed E-state index contributed by atoms with van der Waals surface area (Å²) < 4.78 is 0. The molecule has 4 nitrogen and oxygen atoms in total. The predicted octanol–water partition coefficient (Wildman–Crippen LogP) is 0.725. The fourth-order valence-corrected chi connectivity index (χ4v) is 1.39. The maximum Gasteiger partial charge on any atom is 0.186 e. The highest BCUT2D eigenvalue weighted by atomic mass is 16.1. The van der Waals surface area contributed by atoms with Crippen LogP contribution in [-0.4, -0.2) is 36.6 Å². The van der Waals surface area contributed by atoms with E-state index in [1.54, 1.807) is 12.3 Å². The van der Waals surface area contributed by atoms with E-state index in [1.807, 2.05) is 6.92 Å². The molecule has 0 fully saturated rings. The van der Waals surface area contributed by atoms with Crippen molar-refractivity contribution in [2.45, 2.75) is 20.4 Å². The number of nitrogens with one attached hydrogen (secondary N) is 2. The zero-order valence-corrected chi connectivity index (χ0v) is 10.3. The molecule has 0 aliphatic rings. The van der Waals surface area contributed by atoms with Gasteiger partial charge in [-0.05, 0) is 20.5 Å². The molecule has 0 unspecified atom stereocenters. The number of H-pyrrole nitrogens is 1. The Hall–Kier alpha value is -1.13. The number of hydrogen-bond donors (Lipinski definition) is 2. The van der Waals surface area contributed by atoms with E-state index in [2.05, 4.69) is 29.2 Å². The van der Waals surface area contributed by atoms with Gasteiger partial charge in [0.25, 0.3) is 0 Å². The Kier molecular flexibility index (Phi) is 5.22. The molecule has 1 aromatic rings. The van der Waals surface area contributed by atoms with Gasteiger partial charge < -0.3 is 15.2 Å². The normalized spacial score (nSPS) is 11.0. The van der Waals surface area contributed by atoms with E-state index >= 15 is 0 Å². The lowest BCUT2D eigenvalue weighted by Crippen LogP contribution is -2.30. The van der Waals surface area contributed by atoms with Gasteiger partial charge in [0.1, 0.15) is 0 Å². The van der Waals surface area contributed by atoms with Gasteiger partial charge in [0.15, 0.2) is 5.43 Å². The van der Waals surface area contributed by atoms with Crippen LogP contribution in [-0.2, 0) is 6.54 Å². The van der Waals surface area contributed by atoms with Crippen molar-refractivity contribution in [3.05, 3.63) is 33.7 Å². The third-order valence-corrected chi connectivity index (χ3v) is 2.66. The zero-order chi connectivity index (χ0) is 12.0. The first-order valence-corrected chi connectivity index (χ1v) is 5.71. The highest BCUT2D eigenvalue weighted by Gasteiger charge is 1.99. The summed E-state index contributed by atoms with van der Waals surface area (Å²) >= 11 is 0. The monoisotopic (exact) mass is 223 g/mol. The first-order valence-electron chi connectivity index (χ1n) is 5.71. The molecule has 2 N–H and O–H groups in total. The van der Waals surface area contributed by atoms with Gasteiger partial charge in [-0.25, -0.2) is 0 Å². The number of aryl methyl sites for hydroxylation is 1. The minimum Gasteiger partial charge on any atom is -0.365 e. The van der Waals surface area contributed by atoms with Gasteiger partial charge >= 0.3 is 0 Å². The van der Waals surface area contributed by atoms with Crippen molar-refractivity contribution in [1.29, 1.82) is 0 Å². The molecule has 0 bridgehead atoms. The second-order valence-electron chi connectivity index (χ2n) is 4.08. The van der Waals surface area contributed by atoms with E-state index in [0.717, 1.165) is 30.9 Å². The maximum atomic E-state index is 11.6. The third kappa shape index (κ3) is 4.16. The standard InChI is InChI=1S/C12H21N3O/c1-4-15(3)6-5-13-8-11-9-14-10(2)7-12(11)16/h7,9,13H,4-6,8H2,1-3H3,(H,14,16). The van der Waals surface area contributed by atoms with Crippen molar-refractivity contribution < 1.29 is 0 Å². The Morgan fingerprint density at radius 1 is 1.50 bits per heavy atom. The summed E-state index contributed by atoms with van der Waals surface area (Å²) in [6, 6.07) is 1.63. The van der Waals surface area contributed by atoms with Crippen LogP contribution >= 0.6 is 0 Å². The number of nitrogens with zero attached hydrogens (tertiary/aromatic N) is 1. The van der Waals surface area contributed by atoms with Crippen molar-refractivity contribution in [3.8, 4) is 0 Å². The number of rotatable bonds is 6. The molecule has 0 radical (unpaired) electrons. The summed E-state index contributed by atoms with van der Waals surface area (Å²) in [5.74, 6) is 0. The summed E-state index contributed by atoms with van der Waals surface area (Å²) in [4.78, 5) is 16.8. The number of hydrogen-bond acceptors (Lipinski definition) is 3. The maximum absolute atomic E-state index is 11.6. The van der Waals surface area contributed by atoms with Crippen LogP contribution in [0.3, 0.4) is 0 Å². The summed E-state index contributed by atoms with van der Waals surface area (Å²) in [5.41, 5.74) is 1.80. The second-order valence-corrected chi connectivity index (χ2v) is 4.08. The second kappa shape index (κ2) is 6.45. The van der Waals surface area contributed by atoms with Crippen LogP contribution in [0.1, 0.15) is 18.2 Å². The van der Waals surface area contributed by atoms with Crippen molar-refractivity contribution in [1.82, 2.24) is 15.2 Å². The summed E-state index contributed by atoms with van der Waals surface area (Å²) in [6.45, 7) is 7.59. The summed E-state index contributed by atoms with van der Waals surface area (Å²) in [6.07, 6.45) is 1.79. The Labute approximate surface area is 96.7 Å². The quantitative estimate of drug-likeness (QED) is 0.699. The van der Waals surface area contributed by atoms with Crippen LogP contribution in [0.25, 0.3) is 0 Å². The van der Waals surface area contributed by atoms with E-state index in [0.29, 0.717) is 6.54 Å². The molecule has 0 aromatic carbocycles. The molecule has 0 saturated heterocycles. The molecule has 0 amide bonds. The van der Waals surface area contributed by atoms with Crippen LogP contribution in [0.4, 0.5) is 0 Å². The van der Waals surface area contributed by atoms with Gasteiger partial charge in [-0.15, -0.1) is 0 Å². The lowest BCUT2D eigenvalue weighted by atomic mass is 10.2. The largest absolute Gasteiger partial charge is 0.365 e. The van der Waals surface area contributed by atoms with Gasteiger partial charge in [0.05, 0.1) is 0 Å². The zero-order valence-electron chi connectivity index (χ0n) is 10.3. The topological polar surface area (TPSA) is 48.1 Å². The minimum atomic E-state index is 0.104. The van der Waals surface area contributed by atoms with E-state index in [1.165, 1.54) is 0 Å². The van der Waals surface area contributed by atoms with Crippen LogP contribution in [0.5, 0.6) is 0 Å². The van der Waals surface area contributed by atoms with E-state index in [-0.39, 0.29) is 5.43 Å². The number of aromatic amines is 1. The lowest BCUT2D eigenvalue weighted by Gasteiger charge is -2.13. The highest BCUT2D eigenvalue weighted by molar-refractivity contribution is 5.13. The predicted molar refractivity (Wildman–Crippen MR) is 66.7 cm³/mol. The first-order chi connectivity index (χ1) is 7.63. The molecule has 16 heavy (non-hydrogen) atoms. The summed E-state index contributed by atoms with van der Waals surface area (Å²) in [5, 5.41) is 3.27. The molecule has 90 valence electrons. The number of pyridine rings is 1. The van der Waals surface area contributed by atoms with Crippen LogP contribution in [0.15, 0.2) is 17.1 Å². The van der Waals surface area contributed by atoms with Crippen LogP contribution in [0.2, 0.25) is 0 Å². The molecule has 1 heterocycles. The van der Waals surface area contributed by atoms with Crippen molar-refractivity contribution in [3.63, 3.8) is 0 Å². The Morgan fingerprint density at radius 3 is 2.88 bits per heavy atom. The van der Waals surface area contributed by atoms with Crippen LogP contribution < -0.4 is 10.7 Å². The van der Waals surface area contributed by atoms with Gasteiger partial charge in [-0.1, -0.05) is 6.92 Å². The van der Waals surface area contributed by atoms with Gasteiger partial charge in [0, 0.05) is 43.2 Å². The smallest absolute Gasteiger partial charge is 0.186 e. The van der Waals surface area contributed by atoms with E-state index in [4.69, 9.17) is 0 Å². The molecule has 0 saturated carbocycles. The molecule has 4 heteroatoms. The molecular formula is C12H21N3O. The average Bonchev–Trinajstić information content (AvgIpc) is 2.26. The highest BCUT2D eigenvalue weighted by Crippen LogP contribution is 1.91. The average molecular weight is 223 g/mol. The van der Waals surface area contributed by atoms with Gasteiger partial charge in [-0.3, -0.25) is 4.79 Å². The van der Waals surface area contributed by atoms with Crippen molar-refractivity contribution >= 4 is 0 Å². The Morgan fingerprint density at radius 2 is 2.25 bits per heavy atom. The first kappa shape index (κ1) is 12.9. The molecule has 1 aromatic heterocycles. The Bertz CT molecular complexity index is 373. The molecule has 0 spiro atoms. The van der Waals surface area contributed by atoms with Crippen molar-refractivity contribution in [2.75, 3.05) is 26.7 Å². The van der Waals surface area contributed by atoms with Gasteiger partial charge in [0.2, 0.25) is 0 Å². The fourth-order valence-electron chi connectivity index (χ4n) is 1.39. The summed E-state index contributed by atoms with van der Waals surface area (Å²) in [7, 11) is 2.08. The SMILES string of the molecule is CCN(C)CCNCc1c[nH]c(C)cc1=O. The van der Waals surface area contributed by atoms with Crippen LogP contribution in [0, 0.1) is 6.92 Å². The Balaban J connectivity index is 2.35. The fraction of sp³-hybridized carbons (Fsp3) is 0.583. The number of likely N-dealkylation sites (N-methyl/N-ethyl adjacent to an activating group) is 1. The molecule has 0 atom stereocenters. The van der Waals surface area contributed by atoms with E-state index < -0.39 is 0 Å². The molecule has 0 aliphatic carbocycles. The third-order valence-electron chi connectivity index (χ3n) is 2.66. The van der Waals surface area contributed by atoms with Crippen molar-refractivity contribution in [2.24, 2.45) is 0 Å². The molecular weight excluding hydrogens is 202 g/mol. The number of aromatic nitrogens is 1.